The molecule has 3 atom stereocenters. The van der Waals surface area contributed by atoms with Crippen molar-refractivity contribution in [2.75, 3.05) is 4.90 Å². The van der Waals surface area contributed by atoms with Gasteiger partial charge in [0, 0.05) is 24.3 Å². The van der Waals surface area contributed by atoms with Crippen molar-refractivity contribution in [1.29, 1.82) is 0 Å². The van der Waals surface area contributed by atoms with Gasteiger partial charge in [0.05, 0.1) is 0 Å². The average Bonchev–Trinajstić information content (AvgIpc) is 3.04. The highest BCUT2D eigenvalue weighted by Gasteiger charge is 2.44. The lowest BCUT2D eigenvalue weighted by Gasteiger charge is -2.41. The fourth-order valence-electron chi connectivity index (χ4n) is 4.86. The molecular weight excluding hydrogens is 504 g/mol. The number of rotatable bonds is 6. The molecule has 1 aromatic carbocycles. The summed E-state index contributed by atoms with van der Waals surface area (Å²) in [5.74, 6) is -1.67. The number of primary sulfonamides is 1. The first-order valence-corrected chi connectivity index (χ1v) is 12.8. The number of halogens is 4. The van der Waals surface area contributed by atoms with E-state index in [9.17, 15) is 30.8 Å². The Morgan fingerprint density at radius 3 is 2.31 bits per heavy atom. The third kappa shape index (κ3) is 5.41. The highest BCUT2D eigenvalue weighted by Crippen LogP contribution is 2.40. The summed E-state index contributed by atoms with van der Waals surface area (Å²) < 4.78 is 81.8. The first-order valence-electron chi connectivity index (χ1n) is 11.3. The molecule has 0 saturated carbocycles. The second-order valence-electron chi connectivity index (χ2n) is 9.58. The molecule has 2 aliphatic rings. The molecule has 2 saturated heterocycles. The number of aromatic nitrogens is 1. The Morgan fingerprint density at radius 1 is 1.14 bits per heavy atom. The van der Waals surface area contributed by atoms with E-state index in [1.807, 2.05) is 0 Å². The van der Waals surface area contributed by atoms with Crippen molar-refractivity contribution in [1.82, 2.24) is 10.3 Å². The number of pyridine rings is 1. The molecule has 196 valence electrons. The number of nitrogens with one attached hydrogen (secondary N) is 1. The van der Waals surface area contributed by atoms with Gasteiger partial charge in [0.2, 0.25) is 10.0 Å². The molecule has 2 aromatic rings. The minimum Gasteiger partial charge on any atom is -0.477 e. The zero-order chi connectivity index (χ0) is 26.5. The average molecular weight is 531 g/mol. The fourth-order valence-corrected chi connectivity index (χ4v) is 5.31. The van der Waals surface area contributed by atoms with Crippen LogP contribution in [0.4, 0.5) is 23.4 Å². The first-order chi connectivity index (χ1) is 16.6. The lowest BCUT2D eigenvalue weighted by molar-refractivity contribution is -0.144. The summed E-state index contributed by atoms with van der Waals surface area (Å²) in [4.78, 5) is 19.3. The number of piperidine rings is 1. The van der Waals surface area contributed by atoms with Crippen LogP contribution < -0.4 is 20.1 Å². The minimum absolute atomic E-state index is 0.0415. The highest BCUT2D eigenvalue weighted by atomic mass is 32.2. The van der Waals surface area contributed by atoms with Crippen LogP contribution in [0.1, 0.15) is 45.1 Å². The molecule has 0 unspecified atom stereocenters. The molecule has 13 heteroatoms. The molecule has 2 bridgehead atoms. The number of nitrogens with two attached hydrogens (primary N) is 1. The lowest BCUT2D eigenvalue weighted by atomic mass is 9.96. The monoisotopic (exact) mass is 530 g/mol. The summed E-state index contributed by atoms with van der Waals surface area (Å²) in [6.45, 7) is 2.71. The number of hydrogen-bond donors (Lipinski definition) is 2. The van der Waals surface area contributed by atoms with E-state index in [0.717, 1.165) is 25.0 Å². The molecule has 0 radical (unpaired) electrons. The van der Waals surface area contributed by atoms with Crippen LogP contribution in [-0.2, 0) is 21.0 Å². The zero-order valence-corrected chi connectivity index (χ0v) is 20.4. The minimum atomic E-state index is -4.85. The number of amides is 1. The number of hydrogen-bond acceptors (Lipinski definition) is 6. The molecular formula is C23H26F4N4O4S. The summed E-state index contributed by atoms with van der Waals surface area (Å²) in [6, 6.07) is 4.88. The molecule has 3 heterocycles. The fraction of sp³-hybridized carbons (Fsp3) is 0.478. The topological polar surface area (TPSA) is 115 Å². The Labute approximate surface area is 205 Å². The van der Waals surface area contributed by atoms with E-state index in [1.165, 1.54) is 26.1 Å². The predicted octanol–water partition coefficient (Wildman–Crippen LogP) is 3.36. The maximum Gasteiger partial charge on any atom is 0.420 e. The van der Waals surface area contributed by atoms with Crippen molar-refractivity contribution >= 4 is 21.7 Å². The van der Waals surface area contributed by atoms with Crippen molar-refractivity contribution in [3.8, 4) is 5.75 Å². The third-order valence-electron chi connectivity index (χ3n) is 6.54. The maximum atomic E-state index is 13.4. The molecule has 1 amide bonds. The third-order valence-corrected chi connectivity index (χ3v) is 7.44. The summed E-state index contributed by atoms with van der Waals surface area (Å²) in [7, 11) is -3.86. The normalized spacial score (nSPS) is 22.4. The van der Waals surface area contributed by atoms with Gasteiger partial charge >= 0.3 is 6.18 Å². The largest absolute Gasteiger partial charge is 0.477 e. The number of carbonyl (C=O) groups is 1. The van der Waals surface area contributed by atoms with Crippen LogP contribution in [0.15, 0.2) is 41.4 Å². The van der Waals surface area contributed by atoms with Crippen molar-refractivity contribution in [3.63, 3.8) is 0 Å². The van der Waals surface area contributed by atoms with Crippen molar-refractivity contribution < 1.29 is 35.5 Å². The molecule has 1 aromatic heterocycles. The van der Waals surface area contributed by atoms with E-state index in [2.05, 4.69) is 15.2 Å². The van der Waals surface area contributed by atoms with Crippen molar-refractivity contribution in [3.05, 3.63) is 47.9 Å². The van der Waals surface area contributed by atoms with E-state index >= 15 is 0 Å². The number of alkyl halides is 3. The van der Waals surface area contributed by atoms with Crippen LogP contribution >= 0.6 is 0 Å². The second-order valence-corrected chi connectivity index (χ2v) is 11.1. The number of nitrogens with zero attached hydrogens (tertiary/aromatic N) is 2. The van der Waals surface area contributed by atoms with E-state index < -0.39 is 44.8 Å². The van der Waals surface area contributed by atoms with E-state index in [-0.39, 0.29) is 23.0 Å². The number of benzene rings is 1. The van der Waals surface area contributed by atoms with Gasteiger partial charge in [-0.3, -0.25) is 4.79 Å². The number of carbonyl (C=O) groups excluding carboxylic acids is 1. The summed E-state index contributed by atoms with van der Waals surface area (Å²) in [5, 5.41) is 8.02. The van der Waals surface area contributed by atoms with Gasteiger partial charge in [-0.15, -0.1) is 0 Å². The standard InChI is InChI=1S/C23H26F4N4O4S/c1-22(2,35-19-7-3-13(24)9-18(19)23(25,26)27)21(32)30-14-10-15-4-5-16(11-14)31(15)20-8-6-17(12-29-20)36(28,33)34/h3,6-9,12,14-16H,4-5,10-11H2,1-2H3,(H,30,32)(H2,28,33,34)/t14-,15+,16-. The lowest BCUT2D eigenvalue weighted by Crippen LogP contribution is -2.55. The first kappa shape index (κ1) is 26.1. The van der Waals surface area contributed by atoms with E-state index in [0.29, 0.717) is 24.7 Å². The van der Waals surface area contributed by atoms with Gasteiger partial charge in [0.1, 0.15) is 27.8 Å². The van der Waals surface area contributed by atoms with Crippen LogP contribution in [-0.4, -0.2) is 43.0 Å². The van der Waals surface area contributed by atoms with Gasteiger partial charge in [-0.05, 0) is 69.9 Å². The molecule has 0 spiro atoms. The smallest absolute Gasteiger partial charge is 0.420 e. The Morgan fingerprint density at radius 2 is 1.78 bits per heavy atom. The number of fused-ring (bicyclic) bond motifs is 2. The molecule has 8 nitrogen and oxygen atoms in total. The van der Waals surface area contributed by atoms with Crippen LogP contribution in [0, 0.1) is 5.82 Å². The quantitative estimate of drug-likeness (QED) is 0.554. The molecule has 36 heavy (non-hydrogen) atoms. The summed E-state index contributed by atoms with van der Waals surface area (Å²) in [6.07, 6.45) is -0.804. The van der Waals surface area contributed by atoms with Gasteiger partial charge in [-0.25, -0.2) is 22.9 Å². The van der Waals surface area contributed by atoms with Crippen LogP contribution in [0.5, 0.6) is 5.75 Å². The van der Waals surface area contributed by atoms with E-state index in [4.69, 9.17) is 9.88 Å². The Balaban J connectivity index is 1.43. The molecule has 2 aliphatic heterocycles. The van der Waals surface area contributed by atoms with Crippen molar-refractivity contribution in [2.24, 2.45) is 5.14 Å². The molecule has 3 N–H and O–H groups in total. The Hall–Kier alpha value is -2.93. The number of sulfonamides is 1. The molecule has 0 aliphatic carbocycles. The van der Waals surface area contributed by atoms with Crippen LogP contribution in [0.3, 0.4) is 0 Å². The van der Waals surface area contributed by atoms with Crippen molar-refractivity contribution in [2.45, 2.75) is 74.3 Å². The molecule has 2 fully saturated rings. The predicted molar refractivity (Wildman–Crippen MR) is 122 cm³/mol. The van der Waals surface area contributed by atoms with Gasteiger partial charge in [-0.2, -0.15) is 13.2 Å². The van der Waals surface area contributed by atoms with Crippen LogP contribution in [0.25, 0.3) is 0 Å². The SMILES string of the molecule is CC(C)(Oc1ccc(F)cc1C(F)(F)F)C(=O)N[C@H]1C[C@H]2CC[C@@H](C1)N2c1ccc(S(N)(=O)=O)cn1. The number of ether oxygens (including phenoxy) is 1. The zero-order valence-electron chi connectivity index (χ0n) is 19.5. The Bertz CT molecular complexity index is 1240. The summed E-state index contributed by atoms with van der Waals surface area (Å²) >= 11 is 0. The van der Waals surface area contributed by atoms with Crippen LogP contribution in [0.2, 0.25) is 0 Å². The maximum absolute atomic E-state index is 13.4. The van der Waals surface area contributed by atoms with Gasteiger partial charge in [0.15, 0.2) is 5.60 Å². The number of anilines is 1. The Kier molecular flexibility index (Phi) is 6.67. The second kappa shape index (κ2) is 9.18. The molecule has 4 rings (SSSR count). The van der Waals surface area contributed by atoms with Gasteiger partial charge < -0.3 is 15.0 Å². The van der Waals surface area contributed by atoms with Gasteiger partial charge in [0.25, 0.3) is 5.91 Å². The van der Waals surface area contributed by atoms with E-state index in [1.54, 1.807) is 6.07 Å². The summed E-state index contributed by atoms with van der Waals surface area (Å²) in [5.41, 5.74) is -2.95. The van der Waals surface area contributed by atoms with Gasteiger partial charge in [-0.1, -0.05) is 0 Å². The highest BCUT2D eigenvalue weighted by molar-refractivity contribution is 7.89.